The van der Waals surface area contributed by atoms with Gasteiger partial charge in [-0.25, -0.2) is 5.43 Å². The van der Waals surface area contributed by atoms with Crippen molar-refractivity contribution in [3.8, 4) is 5.75 Å². The minimum absolute atomic E-state index is 0.271. The van der Waals surface area contributed by atoms with E-state index >= 15 is 0 Å². The van der Waals surface area contributed by atoms with Gasteiger partial charge < -0.3 is 4.74 Å². The van der Waals surface area contributed by atoms with E-state index in [2.05, 4.69) is 27.8 Å². The Morgan fingerprint density at radius 3 is 2.66 bits per heavy atom. The van der Waals surface area contributed by atoms with Crippen molar-refractivity contribution < 1.29 is 9.53 Å². The maximum Gasteiger partial charge on any atom is 0.271 e. The third-order valence-electron chi connectivity index (χ3n) is 4.45. The molecule has 6 heteroatoms. The van der Waals surface area contributed by atoms with E-state index in [9.17, 15) is 4.79 Å². The smallest absolute Gasteiger partial charge is 0.271 e. The molecule has 144 valence electrons. The number of ether oxygens (including phenoxy) is 1. The maximum absolute atomic E-state index is 12.2. The van der Waals surface area contributed by atoms with E-state index in [4.69, 9.17) is 4.74 Å². The minimum Gasteiger partial charge on any atom is -0.489 e. The number of rotatable bonds is 6. The molecule has 4 rings (SSSR count). The molecule has 29 heavy (non-hydrogen) atoms. The Labute approximate surface area is 168 Å². The Balaban J connectivity index is 1.33. The molecule has 0 aliphatic carbocycles. The lowest BCUT2D eigenvalue weighted by atomic mass is 10.1. The second-order valence-corrected chi connectivity index (χ2v) is 6.64. The first-order valence-electron chi connectivity index (χ1n) is 9.20. The summed E-state index contributed by atoms with van der Waals surface area (Å²) in [5, 5.41) is 10.3. The van der Waals surface area contributed by atoms with Crippen LogP contribution in [0.5, 0.6) is 5.75 Å². The number of carbonyl (C=O) groups excluding carboxylic acids is 1. The summed E-state index contributed by atoms with van der Waals surface area (Å²) in [6, 6.07) is 21.5. The Kier molecular flexibility index (Phi) is 5.33. The predicted molar refractivity (Wildman–Crippen MR) is 113 cm³/mol. The number of amides is 1. The monoisotopic (exact) mass is 384 g/mol. The van der Waals surface area contributed by atoms with E-state index in [1.165, 1.54) is 5.39 Å². The number of benzene rings is 3. The quantitative estimate of drug-likeness (QED) is 0.405. The molecular formula is C23H20N4O2. The van der Waals surface area contributed by atoms with Crippen molar-refractivity contribution in [1.82, 2.24) is 15.2 Å². The molecule has 3 aromatic carbocycles. The first kappa shape index (κ1) is 18.4. The van der Waals surface area contributed by atoms with Gasteiger partial charge in [-0.15, -0.1) is 0 Å². The summed E-state index contributed by atoms with van der Waals surface area (Å²) in [4.78, 5) is 12.2. The summed E-state index contributed by atoms with van der Waals surface area (Å²) in [6.07, 6.45) is 5.02. The van der Waals surface area contributed by atoms with E-state index in [1.807, 2.05) is 49.5 Å². The van der Waals surface area contributed by atoms with Gasteiger partial charge in [0.1, 0.15) is 12.4 Å². The van der Waals surface area contributed by atoms with Crippen LogP contribution in [0.15, 0.2) is 84.2 Å². The molecule has 1 heterocycles. The summed E-state index contributed by atoms with van der Waals surface area (Å²) < 4.78 is 7.55. The van der Waals surface area contributed by atoms with Crippen LogP contribution in [0.1, 0.15) is 21.5 Å². The lowest BCUT2D eigenvalue weighted by Gasteiger charge is -2.08. The molecule has 0 unspecified atom stereocenters. The highest BCUT2D eigenvalue weighted by Gasteiger charge is 2.05. The number of nitrogens with one attached hydrogen (secondary N) is 1. The molecule has 1 N–H and O–H groups in total. The molecule has 0 spiro atoms. The van der Waals surface area contributed by atoms with Gasteiger partial charge in [-0.2, -0.15) is 10.2 Å². The summed E-state index contributed by atoms with van der Waals surface area (Å²) in [5.41, 5.74) is 4.84. The van der Waals surface area contributed by atoms with Crippen LogP contribution >= 0.6 is 0 Å². The number of hydrogen-bond acceptors (Lipinski definition) is 4. The van der Waals surface area contributed by atoms with Gasteiger partial charge in [-0.1, -0.05) is 42.5 Å². The van der Waals surface area contributed by atoms with Crippen molar-refractivity contribution in [3.63, 3.8) is 0 Å². The lowest BCUT2D eigenvalue weighted by Crippen LogP contribution is -2.17. The van der Waals surface area contributed by atoms with Crippen molar-refractivity contribution in [1.29, 1.82) is 0 Å². The van der Waals surface area contributed by atoms with Gasteiger partial charge in [0.25, 0.3) is 5.91 Å². The average Bonchev–Trinajstić information content (AvgIpc) is 3.17. The van der Waals surface area contributed by atoms with Gasteiger partial charge in [-0.05, 0) is 40.6 Å². The van der Waals surface area contributed by atoms with Gasteiger partial charge in [0.05, 0.1) is 12.4 Å². The molecule has 1 amide bonds. The molecule has 6 nitrogen and oxygen atoms in total. The van der Waals surface area contributed by atoms with Crippen molar-refractivity contribution in [2.45, 2.75) is 6.61 Å². The van der Waals surface area contributed by atoms with Gasteiger partial charge in [0, 0.05) is 24.4 Å². The molecule has 0 fully saturated rings. The van der Waals surface area contributed by atoms with Crippen LogP contribution < -0.4 is 10.2 Å². The Morgan fingerprint density at radius 1 is 1.10 bits per heavy atom. The minimum atomic E-state index is -0.271. The number of hydrogen-bond donors (Lipinski definition) is 1. The fourth-order valence-electron chi connectivity index (χ4n) is 2.91. The third-order valence-corrected chi connectivity index (χ3v) is 4.45. The number of aryl methyl sites for hydroxylation is 1. The fourth-order valence-corrected chi connectivity index (χ4v) is 2.91. The maximum atomic E-state index is 12.2. The van der Waals surface area contributed by atoms with Gasteiger partial charge in [0.15, 0.2) is 0 Å². The van der Waals surface area contributed by atoms with Crippen LogP contribution in [0, 0.1) is 0 Å². The van der Waals surface area contributed by atoms with Crippen molar-refractivity contribution in [2.75, 3.05) is 0 Å². The summed E-state index contributed by atoms with van der Waals surface area (Å²) >= 11 is 0. The number of nitrogens with zero attached hydrogens (tertiary/aromatic N) is 3. The highest BCUT2D eigenvalue weighted by molar-refractivity contribution is 5.94. The van der Waals surface area contributed by atoms with Crippen molar-refractivity contribution in [3.05, 3.63) is 95.8 Å². The molecule has 4 aromatic rings. The van der Waals surface area contributed by atoms with E-state index in [0.29, 0.717) is 12.2 Å². The zero-order valence-electron chi connectivity index (χ0n) is 15.9. The second kappa shape index (κ2) is 8.39. The standard InChI is InChI=1S/C23H20N4O2/c1-27-15-18(14-25-27)13-24-26-23(28)20-8-6-17(7-9-20)16-29-22-11-10-19-4-2-3-5-21(19)12-22/h2-15H,16H2,1H3,(H,26,28)/b24-13+. The van der Waals surface area contributed by atoms with E-state index in [-0.39, 0.29) is 5.91 Å². The van der Waals surface area contributed by atoms with E-state index in [0.717, 1.165) is 22.3 Å². The fraction of sp³-hybridized carbons (Fsp3) is 0.0870. The molecule has 0 atom stereocenters. The second-order valence-electron chi connectivity index (χ2n) is 6.64. The summed E-state index contributed by atoms with van der Waals surface area (Å²) in [5.74, 6) is 0.544. The summed E-state index contributed by atoms with van der Waals surface area (Å²) in [6.45, 7) is 0.430. The molecule has 0 saturated heterocycles. The highest BCUT2D eigenvalue weighted by Crippen LogP contribution is 2.21. The molecular weight excluding hydrogens is 364 g/mol. The molecule has 1 aromatic heterocycles. The number of fused-ring (bicyclic) bond motifs is 1. The van der Waals surface area contributed by atoms with Crippen LogP contribution in [0.25, 0.3) is 10.8 Å². The first-order chi connectivity index (χ1) is 14.2. The van der Waals surface area contributed by atoms with Crippen LogP contribution in [-0.4, -0.2) is 21.9 Å². The highest BCUT2D eigenvalue weighted by atomic mass is 16.5. The zero-order valence-corrected chi connectivity index (χ0v) is 15.9. The number of hydrazone groups is 1. The normalized spacial score (nSPS) is 11.1. The number of carbonyl (C=O) groups is 1. The predicted octanol–water partition coefficient (Wildman–Crippen LogP) is 3.92. The summed E-state index contributed by atoms with van der Waals surface area (Å²) in [7, 11) is 1.82. The van der Waals surface area contributed by atoms with E-state index < -0.39 is 0 Å². The third kappa shape index (κ3) is 4.68. The average molecular weight is 384 g/mol. The Bertz CT molecular complexity index is 1160. The van der Waals surface area contributed by atoms with Crippen LogP contribution in [-0.2, 0) is 13.7 Å². The first-order valence-corrected chi connectivity index (χ1v) is 9.20. The molecule has 0 aliphatic rings. The van der Waals surface area contributed by atoms with Gasteiger partial charge in [0.2, 0.25) is 0 Å². The van der Waals surface area contributed by atoms with E-state index in [1.54, 1.807) is 35.4 Å². The molecule has 0 radical (unpaired) electrons. The molecule has 0 bridgehead atoms. The lowest BCUT2D eigenvalue weighted by molar-refractivity contribution is 0.0955. The SMILES string of the molecule is Cn1cc(/C=N/NC(=O)c2ccc(COc3ccc4ccccc4c3)cc2)cn1. The molecule has 0 saturated carbocycles. The van der Waals surface area contributed by atoms with Gasteiger partial charge in [-0.3, -0.25) is 9.48 Å². The topological polar surface area (TPSA) is 68.5 Å². The van der Waals surface area contributed by atoms with Crippen molar-refractivity contribution >= 4 is 22.9 Å². The number of aromatic nitrogens is 2. The van der Waals surface area contributed by atoms with Crippen LogP contribution in [0.3, 0.4) is 0 Å². The zero-order chi connectivity index (χ0) is 20.1. The largest absolute Gasteiger partial charge is 0.489 e. The van der Waals surface area contributed by atoms with Crippen molar-refractivity contribution in [2.24, 2.45) is 12.1 Å². The Morgan fingerprint density at radius 2 is 1.90 bits per heavy atom. The molecule has 0 aliphatic heterocycles. The Hall–Kier alpha value is -3.93. The van der Waals surface area contributed by atoms with Gasteiger partial charge >= 0.3 is 0 Å². The van der Waals surface area contributed by atoms with Crippen LogP contribution in [0.2, 0.25) is 0 Å². The van der Waals surface area contributed by atoms with Crippen LogP contribution in [0.4, 0.5) is 0 Å².